The third-order valence-electron chi connectivity index (χ3n) is 3.35. The molecule has 1 aliphatic rings. The van der Waals surface area contributed by atoms with Gasteiger partial charge in [0.25, 0.3) is 5.91 Å². The molecule has 1 saturated carbocycles. The lowest BCUT2D eigenvalue weighted by atomic mass is 10.2. The number of carbonyl (C=O) groups is 1. The van der Waals surface area contributed by atoms with E-state index in [1.165, 1.54) is 0 Å². The van der Waals surface area contributed by atoms with Crippen molar-refractivity contribution >= 4 is 5.91 Å². The van der Waals surface area contributed by atoms with Crippen LogP contribution in [0.4, 0.5) is 0 Å². The molecule has 5 nitrogen and oxygen atoms in total. The van der Waals surface area contributed by atoms with E-state index in [9.17, 15) is 9.90 Å². The van der Waals surface area contributed by atoms with Crippen LogP contribution < -0.4 is 0 Å². The number of aromatic nitrogens is 2. The van der Waals surface area contributed by atoms with Gasteiger partial charge in [-0.1, -0.05) is 0 Å². The van der Waals surface area contributed by atoms with Crippen molar-refractivity contribution < 1.29 is 9.90 Å². The summed E-state index contributed by atoms with van der Waals surface area (Å²) < 4.78 is 1.71. The molecule has 1 heterocycles. The third-order valence-corrected chi connectivity index (χ3v) is 3.35. The standard InChI is InChI=1S/C13H21N3O2/c1-9(2)16-11(6-7-14-16)13(18)15(3)8-12(17)10-4-5-10/h6-7,9-10,12,17H,4-5,8H2,1-3H3. The van der Waals surface area contributed by atoms with Crippen LogP contribution in [0.15, 0.2) is 12.3 Å². The number of hydrogen-bond donors (Lipinski definition) is 1. The van der Waals surface area contributed by atoms with Gasteiger partial charge in [0.1, 0.15) is 5.69 Å². The maximum Gasteiger partial charge on any atom is 0.271 e. The van der Waals surface area contributed by atoms with Gasteiger partial charge in [0, 0.05) is 25.8 Å². The number of hydrogen-bond acceptors (Lipinski definition) is 3. The van der Waals surface area contributed by atoms with Crippen molar-refractivity contribution in [2.45, 2.75) is 38.8 Å². The number of likely N-dealkylation sites (N-methyl/N-ethyl adjacent to an activating group) is 1. The van der Waals surface area contributed by atoms with Crippen LogP contribution in [0.3, 0.4) is 0 Å². The van der Waals surface area contributed by atoms with Crippen LogP contribution in [0.2, 0.25) is 0 Å². The average molecular weight is 251 g/mol. The first-order chi connectivity index (χ1) is 8.50. The normalized spacial score (nSPS) is 16.9. The van der Waals surface area contributed by atoms with E-state index in [1.54, 1.807) is 28.9 Å². The van der Waals surface area contributed by atoms with E-state index in [-0.39, 0.29) is 11.9 Å². The Bertz CT molecular complexity index is 424. The maximum absolute atomic E-state index is 12.3. The summed E-state index contributed by atoms with van der Waals surface area (Å²) in [5.41, 5.74) is 0.579. The van der Waals surface area contributed by atoms with Gasteiger partial charge in [-0.3, -0.25) is 9.48 Å². The molecule has 1 atom stereocenters. The van der Waals surface area contributed by atoms with Gasteiger partial charge in [-0.15, -0.1) is 0 Å². The predicted molar refractivity (Wildman–Crippen MR) is 68.3 cm³/mol. The van der Waals surface area contributed by atoms with E-state index in [4.69, 9.17) is 0 Å². The lowest BCUT2D eigenvalue weighted by Gasteiger charge is -2.21. The summed E-state index contributed by atoms with van der Waals surface area (Å²) in [6.45, 7) is 4.37. The molecule has 1 fully saturated rings. The zero-order chi connectivity index (χ0) is 13.3. The Hall–Kier alpha value is -1.36. The Morgan fingerprint density at radius 1 is 1.61 bits per heavy atom. The summed E-state index contributed by atoms with van der Waals surface area (Å²) in [4.78, 5) is 13.8. The van der Waals surface area contributed by atoms with E-state index >= 15 is 0 Å². The molecular formula is C13H21N3O2. The molecule has 0 radical (unpaired) electrons. The Labute approximate surface area is 107 Å². The van der Waals surface area contributed by atoms with Gasteiger partial charge < -0.3 is 10.0 Å². The Morgan fingerprint density at radius 3 is 2.83 bits per heavy atom. The van der Waals surface area contributed by atoms with E-state index in [0.717, 1.165) is 12.8 Å². The SMILES string of the molecule is CC(C)n1nccc1C(=O)N(C)CC(O)C1CC1. The highest BCUT2D eigenvalue weighted by molar-refractivity contribution is 5.92. The molecule has 100 valence electrons. The minimum Gasteiger partial charge on any atom is -0.391 e. The summed E-state index contributed by atoms with van der Waals surface area (Å²) in [6, 6.07) is 1.88. The molecule has 18 heavy (non-hydrogen) atoms. The third kappa shape index (κ3) is 2.72. The van der Waals surface area contributed by atoms with Crippen molar-refractivity contribution in [3.63, 3.8) is 0 Å². The number of aliphatic hydroxyl groups excluding tert-OH is 1. The Morgan fingerprint density at radius 2 is 2.28 bits per heavy atom. The topological polar surface area (TPSA) is 58.4 Å². The average Bonchev–Trinajstić information content (AvgIpc) is 3.05. The van der Waals surface area contributed by atoms with E-state index < -0.39 is 6.10 Å². The second-order valence-electron chi connectivity index (χ2n) is 5.35. The number of rotatable bonds is 5. The van der Waals surface area contributed by atoms with Crippen molar-refractivity contribution in [1.29, 1.82) is 0 Å². The van der Waals surface area contributed by atoms with Gasteiger partial charge in [0.15, 0.2) is 0 Å². The van der Waals surface area contributed by atoms with Crippen LogP contribution >= 0.6 is 0 Å². The second kappa shape index (κ2) is 5.10. The van der Waals surface area contributed by atoms with Crippen LogP contribution in [0.5, 0.6) is 0 Å². The van der Waals surface area contributed by atoms with Crippen LogP contribution in [0.25, 0.3) is 0 Å². The minimum absolute atomic E-state index is 0.0825. The number of carbonyl (C=O) groups excluding carboxylic acids is 1. The molecule has 1 aliphatic carbocycles. The molecule has 0 spiro atoms. The van der Waals surface area contributed by atoms with Crippen molar-refractivity contribution in [3.8, 4) is 0 Å². The van der Waals surface area contributed by atoms with Crippen LogP contribution in [-0.2, 0) is 0 Å². The highest BCUT2D eigenvalue weighted by Crippen LogP contribution is 2.32. The predicted octanol–water partition coefficient (Wildman–Crippen LogP) is 1.31. The van der Waals surface area contributed by atoms with Gasteiger partial charge in [-0.05, 0) is 38.7 Å². The quantitative estimate of drug-likeness (QED) is 0.858. The Balaban J connectivity index is 2.02. The van der Waals surface area contributed by atoms with Gasteiger partial charge in [-0.2, -0.15) is 5.10 Å². The molecule has 0 aromatic carbocycles. The summed E-state index contributed by atoms with van der Waals surface area (Å²) in [5, 5.41) is 14.0. The zero-order valence-corrected chi connectivity index (χ0v) is 11.2. The molecule has 0 bridgehead atoms. The van der Waals surface area contributed by atoms with Gasteiger partial charge >= 0.3 is 0 Å². The van der Waals surface area contributed by atoms with Crippen molar-refractivity contribution in [1.82, 2.24) is 14.7 Å². The second-order valence-corrected chi connectivity index (χ2v) is 5.35. The van der Waals surface area contributed by atoms with Gasteiger partial charge in [-0.25, -0.2) is 0 Å². The largest absolute Gasteiger partial charge is 0.391 e. The highest BCUT2D eigenvalue weighted by atomic mass is 16.3. The van der Waals surface area contributed by atoms with E-state index in [0.29, 0.717) is 18.2 Å². The number of amides is 1. The number of aliphatic hydroxyl groups is 1. The summed E-state index contributed by atoms with van der Waals surface area (Å²) >= 11 is 0. The van der Waals surface area contributed by atoms with Crippen molar-refractivity contribution in [2.24, 2.45) is 5.92 Å². The molecule has 1 amide bonds. The molecule has 0 aliphatic heterocycles. The fourth-order valence-corrected chi connectivity index (χ4v) is 2.08. The molecule has 1 aromatic rings. The monoisotopic (exact) mass is 251 g/mol. The van der Waals surface area contributed by atoms with Crippen LogP contribution in [0.1, 0.15) is 43.2 Å². The first-order valence-electron chi connectivity index (χ1n) is 6.47. The van der Waals surface area contributed by atoms with Gasteiger partial charge in [0.05, 0.1) is 6.10 Å². The Kier molecular flexibility index (Phi) is 3.71. The lowest BCUT2D eigenvalue weighted by molar-refractivity contribution is 0.0632. The molecule has 2 rings (SSSR count). The molecule has 1 N–H and O–H groups in total. The molecule has 1 aromatic heterocycles. The first-order valence-corrected chi connectivity index (χ1v) is 6.47. The summed E-state index contributed by atoms with van der Waals surface area (Å²) in [7, 11) is 1.73. The highest BCUT2D eigenvalue weighted by Gasteiger charge is 2.31. The fraction of sp³-hybridized carbons (Fsp3) is 0.692. The maximum atomic E-state index is 12.3. The van der Waals surface area contributed by atoms with Crippen molar-refractivity contribution in [2.75, 3.05) is 13.6 Å². The lowest BCUT2D eigenvalue weighted by Crippen LogP contribution is -2.36. The van der Waals surface area contributed by atoms with Crippen LogP contribution in [-0.4, -0.2) is 45.4 Å². The minimum atomic E-state index is -0.394. The van der Waals surface area contributed by atoms with E-state index in [2.05, 4.69) is 5.10 Å². The van der Waals surface area contributed by atoms with E-state index in [1.807, 2.05) is 13.8 Å². The molecule has 0 saturated heterocycles. The zero-order valence-electron chi connectivity index (χ0n) is 11.2. The molecular weight excluding hydrogens is 230 g/mol. The first kappa shape index (κ1) is 13.1. The summed E-state index contributed by atoms with van der Waals surface area (Å²) in [6.07, 6.45) is 3.40. The van der Waals surface area contributed by atoms with Gasteiger partial charge in [0.2, 0.25) is 0 Å². The molecule has 1 unspecified atom stereocenters. The summed E-state index contributed by atoms with van der Waals surface area (Å²) in [5.74, 6) is 0.302. The number of nitrogens with zero attached hydrogens (tertiary/aromatic N) is 3. The smallest absolute Gasteiger partial charge is 0.271 e. The molecule has 5 heteroatoms. The van der Waals surface area contributed by atoms with Crippen LogP contribution in [0, 0.1) is 5.92 Å². The fourth-order valence-electron chi connectivity index (χ4n) is 2.08. The van der Waals surface area contributed by atoms with Crippen molar-refractivity contribution in [3.05, 3.63) is 18.0 Å².